The minimum absolute atomic E-state index is 0.183. The van der Waals surface area contributed by atoms with Crippen LogP contribution in [0.2, 0.25) is 5.02 Å². The highest BCUT2D eigenvalue weighted by atomic mass is 35.5. The maximum atomic E-state index is 13.4. The molecular formula is C29H25ClF3N3O. The summed E-state index contributed by atoms with van der Waals surface area (Å²) in [6, 6.07) is 19.1. The van der Waals surface area contributed by atoms with Crippen LogP contribution in [0.5, 0.6) is 0 Å². The number of aromatic nitrogens is 2. The van der Waals surface area contributed by atoms with E-state index in [9.17, 15) is 18.0 Å². The number of halogens is 4. The Bertz CT molecular complexity index is 1470. The Balaban J connectivity index is 1.35. The fourth-order valence-corrected chi connectivity index (χ4v) is 5.41. The van der Waals surface area contributed by atoms with Crippen LogP contribution in [0.3, 0.4) is 0 Å². The lowest BCUT2D eigenvalue weighted by Crippen LogP contribution is -2.30. The number of benzene rings is 3. The zero-order valence-corrected chi connectivity index (χ0v) is 20.8. The van der Waals surface area contributed by atoms with Gasteiger partial charge in [-0.1, -0.05) is 48.0 Å². The zero-order chi connectivity index (χ0) is 25.7. The first-order valence-electron chi connectivity index (χ1n) is 12.5. The van der Waals surface area contributed by atoms with E-state index in [1.807, 2.05) is 58.0 Å². The number of likely N-dealkylation sites (tertiary alicyclic amines) is 1. The van der Waals surface area contributed by atoms with Crippen LogP contribution in [0.4, 0.5) is 13.2 Å². The number of hydrogen-bond donors (Lipinski definition) is 0. The standard InChI is InChI=1S/C29H25ClF3N3O/c30-24-3-1-2-22(14-24)19-4-6-20(7-5-19)27-34-25-15-23(29(31,32)33)10-11-26(25)36(27)17-18-12-13-35(16-18)28(37)21-8-9-21/h1-7,10-11,14-15,18,21H,8-9,12-13,16-17H2. The molecule has 190 valence electrons. The van der Waals surface area contributed by atoms with Crippen LogP contribution in [0.1, 0.15) is 24.8 Å². The second kappa shape index (κ2) is 9.21. The second-order valence-electron chi connectivity index (χ2n) is 10.0. The van der Waals surface area contributed by atoms with Crippen LogP contribution in [-0.2, 0) is 17.5 Å². The third kappa shape index (κ3) is 4.85. The van der Waals surface area contributed by atoms with E-state index in [-0.39, 0.29) is 17.7 Å². The van der Waals surface area contributed by atoms with Gasteiger partial charge < -0.3 is 9.47 Å². The van der Waals surface area contributed by atoms with Gasteiger partial charge in [0.15, 0.2) is 0 Å². The molecule has 1 atom stereocenters. The van der Waals surface area contributed by atoms with E-state index in [0.29, 0.717) is 35.0 Å². The Morgan fingerprint density at radius 2 is 1.70 bits per heavy atom. The van der Waals surface area contributed by atoms with Gasteiger partial charge >= 0.3 is 6.18 Å². The van der Waals surface area contributed by atoms with Crippen molar-refractivity contribution in [2.75, 3.05) is 13.1 Å². The maximum absolute atomic E-state index is 13.4. The lowest BCUT2D eigenvalue weighted by atomic mass is 10.0. The fraction of sp³-hybridized carbons (Fsp3) is 0.310. The van der Waals surface area contributed by atoms with Gasteiger partial charge in [0.2, 0.25) is 5.91 Å². The van der Waals surface area contributed by atoms with Gasteiger partial charge in [0.1, 0.15) is 5.82 Å². The number of alkyl halides is 3. The number of rotatable bonds is 5. The third-order valence-electron chi connectivity index (χ3n) is 7.34. The van der Waals surface area contributed by atoms with E-state index < -0.39 is 11.7 Å². The summed E-state index contributed by atoms with van der Waals surface area (Å²) < 4.78 is 42.3. The van der Waals surface area contributed by atoms with E-state index >= 15 is 0 Å². The molecule has 1 aromatic heterocycles. The first kappa shape index (κ1) is 24.0. The molecule has 4 nitrogen and oxygen atoms in total. The molecule has 2 fully saturated rings. The largest absolute Gasteiger partial charge is 0.416 e. The number of imidazole rings is 1. The predicted molar refractivity (Wildman–Crippen MR) is 138 cm³/mol. The summed E-state index contributed by atoms with van der Waals surface area (Å²) in [4.78, 5) is 19.2. The lowest BCUT2D eigenvalue weighted by Gasteiger charge is -2.18. The summed E-state index contributed by atoms with van der Waals surface area (Å²) in [6.45, 7) is 1.99. The molecule has 1 aliphatic heterocycles. The molecule has 0 radical (unpaired) electrons. The maximum Gasteiger partial charge on any atom is 0.416 e. The number of carbonyl (C=O) groups is 1. The van der Waals surface area contributed by atoms with Crippen LogP contribution in [0.15, 0.2) is 66.7 Å². The Morgan fingerprint density at radius 3 is 2.41 bits per heavy atom. The van der Waals surface area contributed by atoms with Gasteiger partial charge in [-0.15, -0.1) is 0 Å². The molecule has 0 bridgehead atoms. The Morgan fingerprint density at radius 1 is 0.946 bits per heavy atom. The molecule has 2 aliphatic rings. The van der Waals surface area contributed by atoms with E-state index in [4.69, 9.17) is 11.6 Å². The average Bonchev–Trinajstić information content (AvgIpc) is 3.53. The predicted octanol–water partition coefficient (Wildman–Crippen LogP) is 7.30. The van der Waals surface area contributed by atoms with Gasteiger partial charge in [-0.2, -0.15) is 13.2 Å². The second-order valence-corrected chi connectivity index (χ2v) is 10.5. The highest BCUT2D eigenvalue weighted by molar-refractivity contribution is 6.30. The molecule has 6 rings (SSSR count). The van der Waals surface area contributed by atoms with Gasteiger partial charge in [-0.3, -0.25) is 4.79 Å². The highest BCUT2D eigenvalue weighted by Crippen LogP contribution is 2.36. The first-order valence-corrected chi connectivity index (χ1v) is 12.9. The number of hydrogen-bond acceptors (Lipinski definition) is 2. The SMILES string of the molecule is O=C(C1CC1)N1CCC(Cn2c(-c3ccc(-c4cccc(Cl)c4)cc3)nc3cc(C(F)(F)F)ccc32)C1. The molecule has 1 unspecified atom stereocenters. The Labute approximate surface area is 217 Å². The van der Waals surface area contributed by atoms with Crippen molar-refractivity contribution in [3.63, 3.8) is 0 Å². The molecule has 1 aliphatic carbocycles. The smallest absolute Gasteiger partial charge is 0.342 e. The third-order valence-corrected chi connectivity index (χ3v) is 7.58. The molecule has 37 heavy (non-hydrogen) atoms. The van der Waals surface area contributed by atoms with E-state index in [1.165, 1.54) is 6.07 Å². The molecule has 1 amide bonds. The Kier molecular flexibility index (Phi) is 5.98. The average molecular weight is 524 g/mol. The van der Waals surface area contributed by atoms with E-state index in [1.54, 1.807) is 0 Å². The number of nitrogens with zero attached hydrogens (tertiary/aromatic N) is 3. The van der Waals surface area contributed by atoms with Crippen LogP contribution < -0.4 is 0 Å². The van der Waals surface area contributed by atoms with Gasteiger partial charge in [0, 0.05) is 36.1 Å². The number of amides is 1. The van der Waals surface area contributed by atoms with Crippen LogP contribution >= 0.6 is 11.6 Å². The van der Waals surface area contributed by atoms with Crippen LogP contribution in [0.25, 0.3) is 33.5 Å². The summed E-state index contributed by atoms with van der Waals surface area (Å²) in [5.41, 5.74) is 3.04. The summed E-state index contributed by atoms with van der Waals surface area (Å²) in [7, 11) is 0. The molecular weight excluding hydrogens is 499 g/mol. The number of carbonyl (C=O) groups excluding carboxylic acids is 1. The van der Waals surface area contributed by atoms with Crippen molar-refractivity contribution in [3.05, 3.63) is 77.3 Å². The molecule has 0 N–H and O–H groups in total. The van der Waals surface area contributed by atoms with Crippen LogP contribution in [0, 0.1) is 11.8 Å². The summed E-state index contributed by atoms with van der Waals surface area (Å²) in [5, 5.41) is 0.648. The van der Waals surface area contributed by atoms with Gasteiger partial charge in [0.05, 0.1) is 16.6 Å². The number of fused-ring (bicyclic) bond motifs is 1. The lowest BCUT2D eigenvalue weighted by molar-refractivity contribution is -0.137. The van der Waals surface area contributed by atoms with Crippen LogP contribution in [-0.4, -0.2) is 33.4 Å². The van der Waals surface area contributed by atoms with E-state index in [0.717, 1.165) is 54.6 Å². The topological polar surface area (TPSA) is 38.1 Å². The molecule has 1 saturated carbocycles. The first-order chi connectivity index (χ1) is 17.8. The highest BCUT2D eigenvalue weighted by Gasteiger charge is 2.37. The van der Waals surface area contributed by atoms with E-state index in [2.05, 4.69) is 4.98 Å². The quantitative estimate of drug-likeness (QED) is 0.275. The zero-order valence-electron chi connectivity index (χ0n) is 20.0. The molecule has 4 aromatic rings. The monoisotopic (exact) mass is 523 g/mol. The molecule has 8 heteroatoms. The summed E-state index contributed by atoms with van der Waals surface area (Å²) in [5.74, 6) is 1.26. The summed E-state index contributed by atoms with van der Waals surface area (Å²) >= 11 is 6.15. The fourth-order valence-electron chi connectivity index (χ4n) is 5.22. The molecule has 0 spiro atoms. The van der Waals surface area contributed by atoms with Crippen molar-refractivity contribution in [3.8, 4) is 22.5 Å². The van der Waals surface area contributed by atoms with Crippen molar-refractivity contribution in [1.82, 2.24) is 14.5 Å². The molecule has 2 heterocycles. The Hall–Kier alpha value is -3.32. The van der Waals surface area contributed by atoms with Crippen molar-refractivity contribution >= 4 is 28.5 Å². The van der Waals surface area contributed by atoms with Crippen molar-refractivity contribution in [2.24, 2.45) is 11.8 Å². The van der Waals surface area contributed by atoms with Crippen molar-refractivity contribution < 1.29 is 18.0 Å². The van der Waals surface area contributed by atoms with Crippen molar-refractivity contribution in [1.29, 1.82) is 0 Å². The van der Waals surface area contributed by atoms with Gasteiger partial charge in [0.25, 0.3) is 0 Å². The van der Waals surface area contributed by atoms with Gasteiger partial charge in [-0.25, -0.2) is 4.98 Å². The minimum atomic E-state index is -4.44. The van der Waals surface area contributed by atoms with Gasteiger partial charge in [-0.05, 0) is 66.6 Å². The molecule has 3 aromatic carbocycles. The molecule has 1 saturated heterocycles. The normalized spacial score (nSPS) is 18.1. The minimum Gasteiger partial charge on any atom is -0.342 e. The summed E-state index contributed by atoms with van der Waals surface area (Å²) in [6.07, 6.45) is -1.62. The van der Waals surface area contributed by atoms with Crippen molar-refractivity contribution in [2.45, 2.75) is 32.0 Å².